The first-order valence-electron chi connectivity index (χ1n) is 10.3. The van der Waals surface area contributed by atoms with Crippen LogP contribution in [0.1, 0.15) is 50.1 Å². The first-order valence-corrected chi connectivity index (χ1v) is 10.3. The van der Waals surface area contributed by atoms with Crippen LogP contribution in [-0.4, -0.2) is 33.9 Å². The van der Waals surface area contributed by atoms with E-state index < -0.39 is 0 Å². The van der Waals surface area contributed by atoms with Crippen molar-refractivity contribution in [3.63, 3.8) is 0 Å². The highest BCUT2D eigenvalue weighted by atomic mass is 19.1. The van der Waals surface area contributed by atoms with Crippen molar-refractivity contribution in [3.05, 3.63) is 48.2 Å². The van der Waals surface area contributed by atoms with Gasteiger partial charge >= 0.3 is 0 Å². The molecule has 2 aliphatic carbocycles. The Balaban J connectivity index is 1.15. The van der Waals surface area contributed by atoms with E-state index in [1.807, 2.05) is 12.1 Å². The minimum absolute atomic E-state index is 0.321. The van der Waals surface area contributed by atoms with Gasteiger partial charge in [0.2, 0.25) is 5.91 Å². The zero-order chi connectivity index (χ0) is 19.1. The maximum absolute atomic E-state index is 12.9. The van der Waals surface area contributed by atoms with Crippen LogP contribution in [0.3, 0.4) is 0 Å². The first kappa shape index (κ1) is 17.6. The lowest BCUT2D eigenvalue weighted by Gasteiger charge is -2.34. The van der Waals surface area contributed by atoms with E-state index in [-0.39, 0.29) is 5.82 Å². The van der Waals surface area contributed by atoms with Gasteiger partial charge in [-0.05, 0) is 61.8 Å². The molecule has 0 aromatic carbocycles. The van der Waals surface area contributed by atoms with Crippen LogP contribution in [-0.2, 0) is 4.79 Å². The molecule has 146 valence electrons. The monoisotopic (exact) mass is 380 g/mol. The van der Waals surface area contributed by atoms with Crippen LogP contribution in [0.5, 0.6) is 0 Å². The van der Waals surface area contributed by atoms with Crippen molar-refractivity contribution in [1.82, 2.24) is 14.9 Å². The summed E-state index contributed by atoms with van der Waals surface area (Å²) in [5.74, 6) is 1.36. The molecule has 1 amide bonds. The molecule has 2 saturated carbocycles. The molecule has 6 heteroatoms. The Kier molecular flexibility index (Phi) is 4.29. The average molecular weight is 380 g/mol. The summed E-state index contributed by atoms with van der Waals surface area (Å²) in [6.07, 6.45) is 9.89. The Morgan fingerprint density at radius 1 is 1.11 bits per heavy atom. The summed E-state index contributed by atoms with van der Waals surface area (Å²) in [5, 5.41) is 3.13. The average Bonchev–Trinajstić information content (AvgIpc) is 3.47. The molecule has 1 unspecified atom stereocenters. The molecule has 28 heavy (non-hydrogen) atoms. The molecule has 0 radical (unpaired) electrons. The smallest absolute Gasteiger partial charge is 0.226 e. The second-order valence-corrected chi connectivity index (χ2v) is 8.53. The fourth-order valence-electron chi connectivity index (χ4n) is 4.81. The molecule has 3 fully saturated rings. The van der Waals surface area contributed by atoms with Crippen molar-refractivity contribution in [2.45, 2.75) is 44.4 Å². The van der Waals surface area contributed by atoms with Gasteiger partial charge in [0.25, 0.3) is 0 Å². The molecule has 5 nitrogen and oxygen atoms in total. The number of hydrogen-bond acceptors (Lipinski definition) is 4. The second kappa shape index (κ2) is 6.83. The predicted octanol–water partition coefficient (Wildman–Crippen LogP) is 4.26. The lowest BCUT2D eigenvalue weighted by atomic mass is 9.79. The molecule has 1 N–H and O–H groups in total. The summed E-state index contributed by atoms with van der Waals surface area (Å²) in [5.41, 5.74) is 2.32. The summed E-state index contributed by atoms with van der Waals surface area (Å²) >= 11 is 0. The van der Waals surface area contributed by atoms with Crippen molar-refractivity contribution >= 4 is 17.4 Å². The number of hydrogen-bond donors (Lipinski definition) is 1. The van der Waals surface area contributed by atoms with Gasteiger partial charge in [-0.3, -0.25) is 9.78 Å². The molecule has 1 saturated heterocycles. The van der Waals surface area contributed by atoms with E-state index >= 15 is 0 Å². The van der Waals surface area contributed by atoms with Gasteiger partial charge in [-0.25, -0.2) is 9.37 Å². The number of amides is 1. The Morgan fingerprint density at radius 2 is 1.93 bits per heavy atom. The molecule has 2 aromatic rings. The zero-order valence-corrected chi connectivity index (χ0v) is 15.9. The first-order chi connectivity index (χ1) is 13.6. The number of carbonyl (C=O) groups excluding carboxylic acids is 1. The number of anilines is 2. The molecule has 1 spiro atoms. The van der Waals surface area contributed by atoms with Crippen LogP contribution in [0.15, 0.2) is 36.7 Å². The van der Waals surface area contributed by atoms with Gasteiger partial charge in [-0.2, -0.15) is 0 Å². The van der Waals surface area contributed by atoms with Crippen LogP contribution < -0.4 is 5.32 Å². The van der Waals surface area contributed by atoms with Gasteiger partial charge in [0, 0.05) is 30.6 Å². The normalized spacial score (nSPS) is 23.3. The number of piperidine rings is 1. The van der Waals surface area contributed by atoms with E-state index in [2.05, 4.69) is 20.2 Å². The van der Waals surface area contributed by atoms with E-state index in [1.54, 1.807) is 12.3 Å². The molecule has 1 atom stereocenters. The van der Waals surface area contributed by atoms with Crippen molar-refractivity contribution in [2.75, 3.05) is 18.4 Å². The van der Waals surface area contributed by atoms with Crippen LogP contribution in [0, 0.1) is 17.2 Å². The summed E-state index contributed by atoms with van der Waals surface area (Å²) in [6.45, 7) is 1.69. The number of carbonyl (C=O) groups is 1. The summed E-state index contributed by atoms with van der Waals surface area (Å²) in [6, 6.07) is 7.00. The molecule has 1 aliphatic heterocycles. The number of nitrogens with one attached hydrogen (secondary N) is 1. The fraction of sp³-hybridized carbons (Fsp3) is 0.500. The SMILES string of the molecule is O=C(C1CC12CCC2)N1CCC(c2ccc(Nc3ccc(F)cn3)cn2)CC1. The quantitative estimate of drug-likeness (QED) is 0.861. The van der Waals surface area contributed by atoms with E-state index in [9.17, 15) is 9.18 Å². The third kappa shape index (κ3) is 3.25. The Hall–Kier alpha value is -2.50. The molecular weight excluding hydrogens is 355 g/mol. The third-order valence-electron chi connectivity index (χ3n) is 6.85. The fourth-order valence-corrected chi connectivity index (χ4v) is 4.81. The number of nitrogens with zero attached hydrogens (tertiary/aromatic N) is 3. The minimum Gasteiger partial charge on any atom is -0.342 e. The van der Waals surface area contributed by atoms with Crippen molar-refractivity contribution in [1.29, 1.82) is 0 Å². The molecular formula is C22H25FN4O. The number of aromatic nitrogens is 2. The number of likely N-dealkylation sites (tertiary alicyclic amines) is 1. The highest BCUT2D eigenvalue weighted by molar-refractivity contribution is 5.83. The molecule has 5 rings (SSSR count). The molecule has 0 bridgehead atoms. The number of halogens is 1. The molecule has 3 aliphatic rings. The lowest BCUT2D eigenvalue weighted by Crippen LogP contribution is -2.40. The van der Waals surface area contributed by atoms with Crippen molar-refractivity contribution in [3.8, 4) is 0 Å². The van der Waals surface area contributed by atoms with E-state index in [0.29, 0.717) is 29.0 Å². The van der Waals surface area contributed by atoms with Gasteiger partial charge in [0.1, 0.15) is 11.6 Å². The van der Waals surface area contributed by atoms with Gasteiger partial charge < -0.3 is 10.2 Å². The third-order valence-corrected chi connectivity index (χ3v) is 6.85. The van der Waals surface area contributed by atoms with Crippen molar-refractivity contribution in [2.24, 2.45) is 11.3 Å². The maximum Gasteiger partial charge on any atom is 0.226 e. The maximum atomic E-state index is 12.9. The molecule has 2 aromatic heterocycles. The van der Waals surface area contributed by atoms with Crippen LogP contribution in [0.4, 0.5) is 15.9 Å². The Labute approximate surface area is 164 Å². The van der Waals surface area contributed by atoms with E-state index in [0.717, 1.165) is 43.7 Å². The number of pyridine rings is 2. The van der Waals surface area contributed by atoms with Crippen molar-refractivity contribution < 1.29 is 9.18 Å². The lowest BCUT2D eigenvalue weighted by molar-refractivity contribution is -0.135. The summed E-state index contributed by atoms with van der Waals surface area (Å²) in [7, 11) is 0. The van der Waals surface area contributed by atoms with E-state index in [1.165, 1.54) is 31.5 Å². The minimum atomic E-state index is -0.353. The summed E-state index contributed by atoms with van der Waals surface area (Å²) < 4.78 is 12.9. The van der Waals surface area contributed by atoms with Gasteiger partial charge in [-0.1, -0.05) is 6.42 Å². The largest absolute Gasteiger partial charge is 0.342 e. The van der Waals surface area contributed by atoms with Gasteiger partial charge in [0.05, 0.1) is 18.1 Å². The number of rotatable bonds is 4. The highest BCUT2D eigenvalue weighted by Gasteiger charge is 2.61. The van der Waals surface area contributed by atoms with Crippen LogP contribution in [0.2, 0.25) is 0 Å². The Morgan fingerprint density at radius 3 is 2.50 bits per heavy atom. The predicted molar refractivity (Wildman–Crippen MR) is 105 cm³/mol. The second-order valence-electron chi connectivity index (χ2n) is 8.53. The summed E-state index contributed by atoms with van der Waals surface area (Å²) in [4.78, 5) is 23.4. The van der Waals surface area contributed by atoms with Gasteiger partial charge in [-0.15, -0.1) is 0 Å². The zero-order valence-electron chi connectivity index (χ0n) is 15.9. The standard InChI is InChI=1S/C22H25FN4O/c23-16-2-5-20(25-13-16)26-17-3-4-19(24-14-17)15-6-10-27(11-7-15)21(28)18-12-22(18)8-1-9-22/h2-5,13-15,18H,1,6-12H2,(H,25,26). The van der Waals surface area contributed by atoms with Crippen LogP contribution in [0.25, 0.3) is 0 Å². The topological polar surface area (TPSA) is 58.1 Å². The van der Waals surface area contributed by atoms with Crippen LogP contribution >= 0.6 is 0 Å². The Bertz CT molecular complexity index is 855. The highest BCUT2D eigenvalue weighted by Crippen LogP contribution is 2.66. The van der Waals surface area contributed by atoms with Gasteiger partial charge in [0.15, 0.2) is 0 Å². The molecule has 3 heterocycles. The van der Waals surface area contributed by atoms with E-state index in [4.69, 9.17) is 0 Å².